The molecular weight excluding hydrogens is 359 g/mol. The van der Waals surface area contributed by atoms with Crippen molar-refractivity contribution in [2.75, 3.05) is 0 Å². The van der Waals surface area contributed by atoms with Crippen LogP contribution in [0.4, 0.5) is 0 Å². The molecule has 0 radical (unpaired) electrons. The van der Waals surface area contributed by atoms with Crippen molar-refractivity contribution in [3.63, 3.8) is 0 Å². The van der Waals surface area contributed by atoms with Gasteiger partial charge in [0.1, 0.15) is 5.75 Å². The predicted molar refractivity (Wildman–Crippen MR) is 70.2 cm³/mol. The Balaban J connectivity index is 0.00000256. The fourth-order valence-electron chi connectivity index (χ4n) is 1.92. The zero-order chi connectivity index (χ0) is 12.7. The van der Waals surface area contributed by atoms with Gasteiger partial charge in [-0.2, -0.15) is 0 Å². The van der Waals surface area contributed by atoms with Crippen LogP contribution in [0.25, 0.3) is 0 Å². The smallest absolute Gasteiger partial charge is 0.123 e. The maximum Gasteiger partial charge on any atom is 0.123 e. The Bertz CT molecular complexity index is 359. The van der Waals surface area contributed by atoms with E-state index in [9.17, 15) is 5.11 Å². The number of phenolic OH excluding ortho intramolecular Hbond substituents is 1. The maximum atomic E-state index is 10.4. The second kappa shape index (κ2) is 5.51. The Hall–Kier alpha value is 0.293. The van der Waals surface area contributed by atoms with Crippen LogP contribution < -0.4 is 0 Å². The molecule has 0 spiro atoms. The van der Waals surface area contributed by atoms with Crippen molar-refractivity contribution in [3.8, 4) is 5.75 Å². The summed E-state index contributed by atoms with van der Waals surface area (Å²) in [4.78, 5) is 0. The van der Waals surface area contributed by atoms with E-state index >= 15 is 0 Å². The van der Waals surface area contributed by atoms with Crippen molar-refractivity contribution in [3.05, 3.63) is 28.8 Å². The first-order valence-corrected chi connectivity index (χ1v) is 5.88. The van der Waals surface area contributed by atoms with Gasteiger partial charge in [-0.15, -0.1) is 0 Å². The van der Waals surface area contributed by atoms with Crippen LogP contribution in [0, 0.1) is 45.1 Å². The summed E-state index contributed by atoms with van der Waals surface area (Å²) in [6.07, 6.45) is 0. The number of hydrogen-bond acceptors (Lipinski definition) is 1. The molecule has 1 N–H and O–H groups in total. The Morgan fingerprint density at radius 1 is 0.824 bits per heavy atom. The standard InChI is InChI=1S/C15H24O.Dy/c1-10-8-11(14(2,3)4)13(16)12(9-10)15(5,6)7;/h8-9,16H,1-7H3;. The van der Waals surface area contributed by atoms with Gasteiger partial charge >= 0.3 is 0 Å². The van der Waals surface area contributed by atoms with Gasteiger partial charge in [0.05, 0.1) is 0 Å². The molecular formula is C15H24DyO. The quantitative estimate of drug-likeness (QED) is 0.709. The van der Waals surface area contributed by atoms with E-state index in [0.717, 1.165) is 11.1 Å². The molecule has 1 nitrogen and oxygen atoms in total. The number of rotatable bonds is 0. The number of hydrogen-bond donors (Lipinski definition) is 1. The van der Waals surface area contributed by atoms with Crippen LogP contribution in [-0.2, 0) is 10.8 Å². The molecule has 1 aromatic carbocycles. The van der Waals surface area contributed by atoms with Gasteiger partial charge in [-0.25, -0.2) is 0 Å². The van der Waals surface area contributed by atoms with Gasteiger partial charge in [0, 0.05) is 38.2 Å². The van der Waals surface area contributed by atoms with Gasteiger partial charge in [0.25, 0.3) is 0 Å². The maximum absolute atomic E-state index is 10.4. The minimum absolute atomic E-state index is 0. The van der Waals surface area contributed by atoms with E-state index in [-0.39, 0.29) is 49.0 Å². The van der Waals surface area contributed by atoms with E-state index in [4.69, 9.17) is 0 Å². The fraction of sp³-hybridized carbons (Fsp3) is 0.600. The summed E-state index contributed by atoms with van der Waals surface area (Å²) in [7, 11) is 0. The van der Waals surface area contributed by atoms with Crippen molar-refractivity contribution >= 4 is 0 Å². The van der Waals surface area contributed by atoms with E-state index in [2.05, 4.69) is 60.6 Å². The zero-order valence-electron chi connectivity index (χ0n) is 11.9. The average molecular weight is 383 g/mol. The van der Waals surface area contributed by atoms with Crippen molar-refractivity contribution in [2.24, 2.45) is 0 Å². The molecule has 0 fully saturated rings. The Kier molecular flexibility index (Phi) is 5.61. The molecule has 100 valence electrons. The Labute approximate surface area is 136 Å². The number of benzene rings is 1. The van der Waals surface area contributed by atoms with E-state index in [0.29, 0.717) is 5.75 Å². The molecule has 0 saturated carbocycles. The molecule has 0 unspecified atom stereocenters. The Morgan fingerprint density at radius 3 is 1.35 bits per heavy atom. The van der Waals surface area contributed by atoms with Gasteiger partial charge in [0.2, 0.25) is 0 Å². The monoisotopic (exact) mass is 384 g/mol. The van der Waals surface area contributed by atoms with Crippen LogP contribution in [0.3, 0.4) is 0 Å². The summed E-state index contributed by atoms with van der Waals surface area (Å²) in [6.45, 7) is 14.9. The summed E-state index contributed by atoms with van der Waals surface area (Å²) in [5.74, 6) is 0.464. The molecule has 0 atom stereocenters. The third-order valence-corrected chi connectivity index (χ3v) is 2.87. The molecule has 1 aromatic rings. The first kappa shape index (κ1) is 17.3. The van der Waals surface area contributed by atoms with Crippen LogP contribution in [0.2, 0.25) is 0 Å². The van der Waals surface area contributed by atoms with Crippen molar-refractivity contribution in [1.29, 1.82) is 0 Å². The number of aromatic hydroxyl groups is 1. The second-order valence-electron chi connectivity index (χ2n) is 6.71. The van der Waals surface area contributed by atoms with Crippen LogP contribution >= 0.6 is 0 Å². The van der Waals surface area contributed by atoms with E-state index in [1.54, 1.807) is 0 Å². The van der Waals surface area contributed by atoms with Gasteiger partial charge in [0.15, 0.2) is 0 Å². The van der Waals surface area contributed by atoms with Gasteiger partial charge < -0.3 is 5.11 Å². The SMILES string of the molecule is Cc1cc(C(C)(C)C)c(O)c(C(C)(C)C)c1.[Dy]. The molecule has 0 bridgehead atoms. The summed E-state index contributed by atoms with van der Waals surface area (Å²) in [5, 5.41) is 10.4. The van der Waals surface area contributed by atoms with E-state index in [1.165, 1.54) is 5.56 Å². The molecule has 0 saturated heterocycles. The molecule has 0 aliphatic heterocycles. The number of aryl methyl sites for hydroxylation is 1. The third-order valence-electron chi connectivity index (χ3n) is 2.87. The molecule has 0 aliphatic rings. The fourth-order valence-corrected chi connectivity index (χ4v) is 1.92. The van der Waals surface area contributed by atoms with Gasteiger partial charge in [-0.05, 0) is 28.9 Å². The average Bonchev–Trinajstić information content (AvgIpc) is 2.04. The zero-order valence-corrected chi connectivity index (χ0v) is 13.9. The largest absolute Gasteiger partial charge is 0.507 e. The van der Waals surface area contributed by atoms with E-state index < -0.39 is 0 Å². The summed E-state index contributed by atoms with van der Waals surface area (Å²) in [5.41, 5.74) is 3.26. The molecule has 0 heterocycles. The van der Waals surface area contributed by atoms with Crippen LogP contribution in [0.15, 0.2) is 12.1 Å². The molecule has 17 heavy (non-hydrogen) atoms. The molecule has 0 aliphatic carbocycles. The molecule has 1 rings (SSSR count). The first-order valence-electron chi connectivity index (χ1n) is 5.88. The number of phenols is 1. The summed E-state index contributed by atoms with van der Waals surface area (Å²) >= 11 is 0. The van der Waals surface area contributed by atoms with E-state index in [1.807, 2.05) is 0 Å². The van der Waals surface area contributed by atoms with Gasteiger partial charge in [-0.3, -0.25) is 0 Å². The second-order valence-corrected chi connectivity index (χ2v) is 6.71. The molecule has 2 heteroatoms. The predicted octanol–water partition coefficient (Wildman–Crippen LogP) is 4.30. The van der Waals surface area contributed by atoms with Crippen LogP contribution in [0.5, 0.6) is 5.75 Å². The van der Waals surface area contributed by atoms with Gasteiger partial charge in [-0.1, -0.05) is 59.2 Å². The third kappa shape index (κ3) is 4.16. The first-order chi connectivity index (χ1) is 7.03. The van der Waals surface area contributed by atoms with Crippen molar-refractivity contribution in [1.82, 2.24) is 0 Å². The molecule has 0 amide bonds. The minimum atomic E-state index is -0.0178. The van der Waals surface area contributed by atoms with Crippen molar-refractivity contribution in [2.45, 2.75) is 59.3 Å². The minimum Gasteiger partial charge on any atom is -0.507 e. The Morgan fingerprint density at radius 2 is 1.12 bits per heavy atom. The van der Waals surface area contributed by atoms with Crippen molar-refractivity contribution < 1.29 is 43.3 Å². The summed E-state index contributed by atoms with van der Waals surface area (Å²) < 4.78 is 0. The normalized spacial score (nSPS) is 12.2. The topological polar surface area (TPSA) is 20.2 Å². The summed E-state index contributed by atoms with van der Waals surface area (Å²) in [6, 6.07) is 4.18. The molecule has 0 aromatic heterocycles. The van der Waals surface area contributed by atoms with Crippen LogP contribution in [0.1, 0.15) is 58.2 Å². The van der Waals surface area contributed by atoms with Crippen LogP contribution in [-0.4, -0.2) is 5.11 Å².